The first kappa shape index (κ1) is 17.8. The van der Waals surface area contributed by atoms with Crippen LogP contribution in [0.3, 0.4) is 0 Å². The van der Waals surface area contributed by atoms with Gasteiger partial charge in [0.2, 0.25) is 0 Å². The first-order chi connectivity index (χ1) is 11.5. The van der Waals surface area contributed by atoms with Gasteiger partial charge in [-0.3, -0.25) is 4.79 Å². The van der Waals surface area contributed by atoms with Gasteiger partial charge in [-0.1, -0.05) is 15.9 Å². The predicted octanol–water partition coefficient (Wildman–Crippen LogP) is 3.37. The first-order valence-electron chi connectivity index (χ1n) is 7.23. The van der Waals surface area contributed by atoms with E-state index in [0.717, 1.165) is 15.8 Å². The summed E-state index contributed by atoms with van der Waals surface area (Å²) in [5.74, 6) is 1.13. The van der Waals surface area contributed by atoms with Crippen molar-refractivity contribution in [2.75, 3.05) is 20.8 Å². The summed E-state index contributed by atoms with van der Waals surface area (Å²) in [6, 6.07) is 14.3. The molecular weight excluding hydrogens is 372 g/mol. The third-order valence-corrected chi connectivity index (χ3v) is 3.91. The molecule has 0 bridgehead atoms. The molecule has 0 atom stereocenters. The van der Waals surface area contributed by atoms with Gasteiger partial charge in [0.1, 0.15) is 11.5 Å². The molecule has 0 aromatic heterocycles. The lowest BCUT2D eigenvalue weighted by molar-refractivity contribution is -0.132. The molecule has 6 heteroatoms. The molecule has 0 N–H and O–H groups in total. The van der Waals surface area contributed by atoms with Crippen LogP contribution in [-0.2, 0) is 11.3 Å². The normalized spacial score (nSPS) is 9.92. The van der Waals surface area contributed by atoms with Crippen LogP contribution in [0.25, 0.3) is 0 Å². The molecule has 0 aliphatic rings. The van der Waals surface area contributed by atoms with Crippen LogP contribution in [0, 0.1) is 11.3 Å². The van der Waals surface area contributed by atoms with Crippen molar-refractivity contribution in [3.8, 4) is 17.6 Å². The van der Waals surface area contributed by atoms with Gasteiger partial charge < -0.3 is 14.4 Å². The maximum absolute atomic E-state index is 12.2. The van der Waals surface area contributed by atoms with E-state index >= 15 is 0 Å². The van der Waals surface area contributed by atoms with E-state index in [9.17, 15) is 4.79 Å². The minimum atomic E-state index is -0.151. The van der Waals surface area contributed by atoms with Crippen molar-refractivity contribution in [3.05, 3.63) is 58.1 Å². The standard InChI is InChI=1S/C18H17BrN2O3/c1-21(11-14-9-15(19)5-8-17(14)23-2)18(22)12-24-16-6-3-13(10-20)4-7-16/h3-9H,11-12H2,1-2H3. The number of nitriles is 1. The smallest absolute Gasteiger partial charge is 0.260 e. The van der Waals surface area contributed by atoms with E-state index in [1.54, 1.807) is 43.3 Å². The number of hydrogen-bond donors (Lipinski definition) is 0. The van der Waals surface area contributed by atoms with Crippen LogP contribution in [0.4, 0.5) is 0 Å². The molecule has 0 saturated carbocycles. The molecule has 1 amide bonds. The topological polar surface area (TPSA) is 62.6 Å². The molecule has 0 saturated heterocycles. The van der Waals surface area contributed by atoms with Gasteiger partial charge in [0.25, 0.3) is 5.91 Å². The number of likely N-dealkylation sites (N-methyl/N-ethyl adjacent to an activating group) is 1. The summed E-state index contributed by atoms with van der Waals surface area (Å²) < 4.78 is 11.7. The van der Waals surface area contributed by atoms with E-state index in [1.165, 1.54) is 0 Å². The van der Waals surface area contributed by atoms with E-state index in [0.29, 0.717) is 17.9 Å². The van der Waals surface area contributed by atoms with E-state index in [4.69, 9.17) is 14.7 Å². The Morgan fingerprint density at radius 3 is 2.58 bits per heavy atom. The average Bonchev–Trinajstić information content (AvgIpc) is 2.60. The van der Waals surface area contributed by atoms with Crippen molar-refractivity contribution in [1.29, 1.82) is 5.26 Å². The highest BCUT2D eigenvalue weighted by atomic mass is 79.9. The Balaban J connectivity index is 1.94. The highest BCUT2D eigenvalue weighted by Gasteiger charge is 2.13. The van der Waals surface area contributed by atoms with Gasteiger partial charge in [-0.2, -0.15) is 5.26 Å². The van der Waals surface area contributed by atoms with Gasteiger partial charge >= 0.3 is 0 Å². The molecule has 0 aliphatic carbocycles. The molecule has 5 nitrogen and oxygen atoms in total. The van der Waals surface area contributed by atoms with Crippen LogP contribution < -0.4 is 9.47 Å². The second-order valence-corrected chi connectivity index (χ2v) is 6.05. The summed E-state index contributed by atoms with van der Waals surface area (Å²) in [6.07, 6.45) is 0. The fourth-order valence-corrected chi connectivity index (χ4v) is 2.50. The summed E-state index contributed by atoms with van der Waals surface area (Å²) in [6.45, 7) is 0.344. The number of benzene rings is 2. The second-order valence-electron chi connectivity index (χ2n) is 5.13. The van der Waals surface area contributed by atoms with Gasteiger partial charge in [0, 0.05) is 23.6 Å². The molecule has 2 aromatic rings. The van der Waals surface area contributed by atoms with Crippen molar-refractivity contribution in [2.24, 2.45) is 0 Å². The van der Waals surface area contributed by atoms with Crippen LogP contribution >= 0.6 is 15.9 Å². The fraction of sp³-hybridized carbons (Fsp3) is 0.222. The average molecular weight is 389 g/mol. The molecule has 0 aliphatic heterocycles. The Morgan fingerprint density at radius 1 is 1.25 bits per heavy atom. The Kier molecular flexibility index (Phi) is 6.21. The SMILES string of the molecule is COc1ccc(Br)cc1CN(C)C(=O)COc1ccc(C#N)cc1. The van der Waals surface area contributed by atoms with Gasteiger partial charge in [-0.15, -0.1) is 0 Å². The number of halogens is 1. The van der Waals surface area contributed by atoms with Crippen LogP contribution in [-0.4, -0.2) is 31.6 Å². The Bertz CT molecular complexity index is 754. The quantitative estimate of drug-likeness (QED) is 0.760. The van der Waals surface area contributed by atoms with Gasteiger partial charge in [0.15, 0.2) is 6.61 Å². The van der Waals surface area contributed by atoms with E-state index in [2.05, 4.69) is 15.9 Å². The van der Waals surface area contributed by atoms with Gasteiger partial charge in [-0.05, 0) is 42.5 Å². The van der Waals surface area contributed by atoms with Gasteiger partial charge in [0.05, 0.1) is 18.7 Å². The Hall–Kier alpha value is -2.52. The second kappa shape index (κ2) is 8.37. The molecule has 0 unspecified atom stereocenters. The van der Waals surface area contributed by atoms with Crippen molar-refractivity contribution in [3.63, 3.8) is 0 Å². The maximum atomic E-state index is 12.2. The molecule has 0 heterocycles. The third-order valence-electron chi connectivity index (χ3n) is 3.42. The summed E-state index contributed by atoms with van der Waals surface area (Å²) in [4.78, 5) is 13.8. The highest BCUT2D eigenvalue weighted by molar-refractivity contribution is 9.10. The minimum Gasteiger partial charge on any atom is -0.496 e. The van der Waals surface area contributed by atoms with Gasteiger partial charge in [-0.25, -0.2) is 0 Å². The largest absolute Gasteiger partial charge is 0.496 e. The van der Waals surface area contributed by atoms with E-state index < -0.39 is 0 Å². The van der Waals surface area contributed by atoms with Crippen molar-refractivity contribution in [2.45, 2.75) is 6.54 Å². The zero-order valence-corrected chi connectivity index (χ0v) is 15.0. The number of rotatable bonds is 6. The lowest BCUT2D eigenvalue weighted by Crippen LogP contribution is -2.31. The number of hydrogen-bond acceptors (Lipinski definition) is 4. The minimum absolute atomic E-state index is 0.0707. The zero-order chi connectivity index (χ0) is 17.5. The maximum Gasteiger partial charge on any atom is 0.260 e. The number of methoxy groups -OCH3 is 1. The Morgan fingerprint density at radius 2 is 1.96 bits per heavy atom. The zero-order valence-electron chi connectivity index (χ0n) is 13.5. The summed E-state index contributed by atoms with van der Waals surface area (Å²) in [5.41, 5.74) is 1.45. The van der Waals surface area contributed by atoms with Crippen LogP contribution in [0.15, 0.2) is 46.9 Å². The number of carbonyl (C=O) groups is 1. The summed E-state index contributed by atoms with van der Waals surface area (Å²) in [5, 5.41) is 8.76. The summed E-state index contributed by atoms with van der Waals surface area (Å²) >= 11 is 3.42. The monoisotopic (exact) mass is 388 g/mol. The number of carbonyl (C=O) groups excluding carboxylic acids is 1. The van der Waals surface area contributed by atoms with Crippen LogP contribution in [0.2, 0.25) is 0 Å². The lowest BCUT2D eigenvalue weighted by atomic mass is 10.2. The molecule has 0 spiro atoms. The summed E-state index contributed by atoms with van der Waals surface area (Å²) in [7, 11) is 3.31. The molecule has 24 heavy (non-hydrogen) atoms. The van der Waals surface area contributed by atoms with Crippen LogP contribution in [0.1, 0.15) is 11.1 Å². The van der Waals surface area contributed by atoms with Crippen molar-refractivity contribution < 1.29 is 14.3 Å². The number of ether oxygens (including phenoxy) is 2. The highest BCUT2D eigenvalue weighted by Crippen LogP contribution is 2.24. The molecular formula is C18H17BrN2O3. The molecule has 2 aromatic carbocycles. The molecule has 124 valence electrons. The third kappa shape index (κ3) is 4.74. The number of amides is 1. The van der Waals surface area contributed by atoms with Crippen molar-refractivity contribution >= 4 is 21.8 Å². The number of nitrogens with zero attached hydrogens (tertiary/aromatic N) is 2. The van der Waals surface area contributed by atoms with Crippen LogP contribution in [0.5, 0.6) is 11.5 Å². The first-order valence-corrected chi connectivity index (χ1v) is 8.02. The van der Waals surface area contributed by atoms with E-state index in [-0.39, 0.29) is 12.5 Å². The molecule has 0 radical (unpaired) electrons. The van der Waals surface area contributed by atoms with Crippen molar-refractivity contribution in [1.82, 2.24) is 4.90 Å². The van der Waals surface area contributed by atoms with E-state index in [1.807, 2.05) is 24.3 Å². The molecule has 2 rings (SSSR count). The predicted molar refractivity (Wildman–Crippen MR) is 93.8 cm³/mol. The molecule has 0 fully saturated rings. The lowest BCUT2D eigenvalue weighted by Gasteiger charge is -2.19. The Labute approximate surface area is 149 Å². The fourth-order valence-electron chi connectivity index (χ4n) is 2.10.